The van der Waals surface area contributed by atoms with E-state index in [1.807, 2.05) is 48.5 Å². The summed E-state index contributed by atoms with van der Waals surface area (Å²) in [6, 6.07) is 31.6. The van der Waals surface area contributed by atoms with Gasteiger partial charge >= 0.3 is 10.2 Å². The van der Waals surface area contributed by atoms with Crippen molar-refractivity contribution in [2.24, 2.45) is 0 Å². The van der Waals surface area contributed by atoms with E-state index in [1.165, 1.54) is 6.20 Å². The molecular weight excluding hydrogens is 639 g/mol. The van der Waals surface area contributed by atoms with Gasteiger partial charge in [-0.25, -0.2) is 17.0 Å². The van der Waals surface area contributed by atoms with Gasteiger partial charge in [0, 0.05) is 14.6 Å². The maximum atomic E-state index is 13.7. The lowest BCUT2D eigenvalue weighted by Crippen LogP contribution is -2.37. The third-order valence-corrected chi connectivity index (χ3v) is 12.1. The number of aliphatic hydroxyl groups excluding tert-OH is 1. The molecule has 9 nitrogen and oxygen atoms in total. The number of sulfonamides is 1. The van der Waals surface area contributed by atoms with E-state index in [4.69, 9.17) is 4.74 Å². The van der Waals surface area contributed by atoms with Crippen molar-refractivity contribution in [1.82, 2.24) is 4.31 Å². The van der Waals surface area contributed by atoms with Gasteiger partial charge in [0.2, 0.25) is 15.9 Å². The lowest BCUT2D eigenvalue weighted by Gasteiger charge is -2.25. The summed E-state index contributed by atoms with van der Waals surface area (Å²) < 4.78 is 64.5. The minimum absolute atomic E-state index is 0.159. The Morgan fingerprint density at radius 1 is 0.826 bits per heavy atom. The second-order valence-corrected chi connectivity index (χ2v) is 21.5. The lowest BCUT2D eigenvalue weighted by atomic mass is 10.0. The van der Waals surface area contributed by atoms with Gasteiger partial charge in [0.05, 0.1) is 17.6 Å². The summed E-state index contributed by atoms with van der Waals surface area (Å²) in [5, 5.41) is 10.7. The van der Waals surface area contributed by atoms with Crippen LogP contribution < -0.4 is 13.8 Å². The Kier molecular flexibility index (Phi) is 9.80. The molecule has 0 saturated heterocycles. The number of aliphatic hydroxyl groups is 1. The van der Waals surface area contributed by atoms with Crippen LogP contribution in [-0.4, -0.2) is 40.9 Å². The second-order valence-electron chi connectivity index (χ2n) is 12.4. The Labute approximate surface area is 273 Å². The summed E-state index contributed by atoms with van der Waals surface area (Å²) in [6.45, 7) is 6.82. The third-order valence-electron chi connectivity index (χ3n) is 7.46. The summed E-state index contributed by atoms with van der Waals surface area (Å²) in [5.41, 5.74) is 3.82. The standard InChI is InChI=1S/C34H39N3O6S2Si/c1-46(2,3)21-20-36-34(38)24-37(45(36,41)42)32-19-18-29(23-33(32)43-25-27-12-6-4-7-13-27)22-30-16-10-11-17-31(30)35-44(39,40)26-28-14-8-5-9-15-28/h4-19,23-24,35,38H,20-22,25-26H2,1-3H3. The van der Waals surface area contributed by atoms with Gasteiger partial charge in [0.15, 0.2) is 0 Å². The lowest BCUT2D eigenvalue weighted by molar-refractivity contribution is 0.294. The fourth-order valence-electron chi connectivity index (χ4n) is 5.01. The van der Waals surface area contributed by atoms with Gasteiger partial charge in [-0.15, -0.1) is 0 Å². The van der Waals surface area contributed by atoms with Gasteiger partial charge < -0.3 is 9.84 Å². The highest BCUT2D eigenvalue weighted by Crippen LogP contribution is 2.38. The van der Waals surface area contributed by atoms with Crippen molar-refractivity contribution >= 4 is 39.7 Å². The first kappa shape index (κ1) is 33.1. The number of rotatable bonds is 13. The SMILES string of the molecule is C[Si](C)(C)CCN1C(O)=CN(c2ccc(Cc3ccccc3NS(=O)(=O)Cc3ccccc3)cc2OCc2ccccc2)S1(=O)=O. The summed E-state index contributed by atoms with van der Waals surface area (Å²) in [6.07, 6.45) is 1.56. The van der Waals surface area contributed by atoms with Crippen LogP contribution in [0.1, 0.15) is 22.3 Å². The van der Waals surface area contributed by atoms with E-state index < -0.39 is 28.3 Å². The summed E-state index contributed by atoms with van der Waals surface area (Å²) >= 11 is 0. The molecule has 0 aromatic heterocycles. The zero-order chi connectivity index (χ0) is 33.0. The van der Waals surface area contributed by atoms with E-state index >= 15 is 0 Å². The number of nitrogens with one attached hydrogen (secondary N) is 1. The van der Waals surface area contributed by atoms with E-state index in [0.717, 1.165) is 25.3 Å². The molecule has 0 amide bonds. The van der Waals surface area contributed by atoms with Crippen molar-refractivity contribution in [1.29, 1.82) is 0 Å². The van der Waals surface area contributed by atoms with Crippen LogP contribution in [0.2, 0.25) is 25.7 Å². The molecule has 0 spiro atoms. The highest BCUT2D eigenvalue weighted by atomic mass is 32.2. The van der Waals surface area contributed by atoms with Crippen molar-refractivity contribution in [3.8, 4) is 5.75 Å². The predicted octanol–water partition coefficient (Wildman–Crippen LogP) is 6.86. The Morgan fingerprint density at radius 2 is 1.46 bits per heavy atom. The van der Waals surface area contributed by atoms with Gasteiger partial charge in [0.25, 0.3) is 0 Å². The van der Waals surface area contributed by atoms with E-state index in [1.54, 1.807) is 54.6 Å². The van der Waals surface area contributed by atoms with Gasteiger partial charge in [-0.1, -0.05) is 105 Å². The molecule has 0 saturated carbocycles. The zero-order valence-corrected chi connectivity index (χ0v) is 28.8. The molecule has 46 heavy (non-hydrogen) atoms. The summed E-state index contributed by atoms with van der Waals surface area (Å²) in [4.78, 5) is 0. The first-order valence-corrected chi connectivity index (χ1v) is 21.7. The molecule has 0 atom stereocenters. The molecule has 0 radical (unpaired) electrons. The molecule has 0 fully saturated rings. The number of para-hydroxylation sites is 1. The van der Waals surface area contributed by atoms with Crippen LogP contribution in [0.4, 0.5) is 11.4 Å². The first-order valence-electron chi connectivity index (χ1n) is 15.0. The van der Waals surface area contributed by atoms with Crippen LogP contribution in [0.25, 0.3) is 0 Å². The van der Waals surface area contributed by atoms with Crippen LogP contribution in [0.15, 0.2) is 115 Å². The van der Waals surface area contributed by atoms with Gasteiger partial charge in [-0.2, -0.15) is 8.42 Å². The Bertz CT molecular complexity index is 1910. The molecule has 5 rings (SSSR count). The molecule has 4 aromatic rings. The first-order chi connectivity index (χ1) is 21.8. The Morgan fingerprint density at radius 3 is 2.13 bits per heavy atom. The molecule has 242 valence electrons. The quantitative estimate of drug-likeness (QED) is 0.149. The molecular formula is C34H39N3O6S2Si. The monoisotopic (exact) mass is 677 g/mol. The van der Waals surface area contributed by atoms with Crippen molar-refractivity contribution in [3.05, 3.63) is 137 Å². The van der Waals surface area contributed by atoms with E-state index in [2.05, 4.69) is 24.4 Å². The Hall–Kier alpha value is -4.26. The third kappa shape index (κ3) is 8.30. The van der Waals surface area contributed by atoms with Crippen LogP contribution in [0, 0.1) is 0 Å². The number of hydrogen-bond donors (Lipinski definition) is 2. The van der Waals surface area contributed by atoms with Crippen molar-refractivity contribution in [3.63, 3.8) is 0 Å². The summed E-state index contributed by atoms with van der Waals surface area (Å²) in [7, 11) is -9.37. The minimum Gasteiger partial charge on any atom is -0.493 e. The fourth-order valence-corrected chi connectivity index (χ4v) is 8.75. The molecule has 2 N–H and O–H groups in total. The molecule has 1 aliphatic heterocycles. The molecule has 0 aliphatic carbocycles. The Balaban J connectivity index is 1.44. The summed E-state index contributed by atoms with van der Waals surface area (Å²) in [5.74, 6) is -0.190. The predicted molar refractivity (Wildman–Crippen MR) is 186 cm³/mol. The highest BCUT2D eigenvalue weighted by Gasteiger charge is 2.39. The average Bonchev–Trinajstić information content (AvgIpc) is 3.23. The van der Waals surface area contributed by atoms with Gasteiger partial charge in [-0.3, -0.25) is 4.72 Å². The molecule has 1 aliphatic rings. The number of benzene rings is 4. The smallest absolute Gasteiger partial charge is 0.332 e. The maximum absolute atomic E-state index is 13.7. The van der Waals surface area contributed by atoms with Crippen LogP contribution >= 0.6 is 0 Å². The van der Waals surface area contributed by atoms with E-state index in [9.17, 15) is 21.9 Å². The van der Waals surface area contributed by atoms with Crippen molar-refractivity contribution in [2.75, 3.05) is 15.6 Å². The fraction of sp³-hybridized carbons (Fsp3) is 0.235. The number of ether oxygens (including phenoxy) is 1. The van der Waals surface area contributed by atoms with Crippen molar-refractivity contribution < 1.29 is 26.7 Å². The van der Waals surface area contributed by atoms with Crippen LogP contribution in [-0.2, 0) is 39.0 Å². The molecule has 0 bridgehead atoms. The minimum atomic E-state index is -4.09. The molecule has 1 heterocycles. The molecule has 12 heteroatoms. The number of anilines is 2. The van der Waals surface area contributed by atoms with Crippen molar-refractivity contribution in [2.45, 2.75) is 44.5 Å². The number of nitrogens with zero attached hydrogens (tertiary/aromatic N) is 2. The zero-order valence-electron chi connectivity index (χ0n) is 26.1. The van der Waals surface area contributed by atoms with Gasteiger partial charge in [-0.05, 0) is 52.9 Å². The normalized spacial score (nSPS) is 14.6. The van der Waals surface area contributed by atoms with Gasteiger partial charge in [0.1, 0.15) is 18.0 Å². The largest absolute Gasteiger partial charge is 0.493 e. The second kappa shape index (κ2) is 13.6. The van der Waals surface area contributed by atoms with Crippen LogP contribution in [0.3, 0.4) is 0 Å². The molecule has 4 aromatic carbocycles. The number of hydrogen-bond acceptors (Lipinski definition) is 6. The maximum Gasteiger partial charge on any atom is 0.332 e. The van der Waals surface area contributed by atoms with E-state index in [0.29, 0.717) is 29.5 Å². The van der Waals surface area contributed by atoms with E-state index in [-0.39, 0.29) is 30.5 Å². The topological polar surface area (TPSA) is 116 Å². The highest BCUT2D eigenvalue weighted by molar-refractivity contribution is 7.92. The average molecular weight is 678 g/mol. The molecule has 0 unspecified atom stereocenters. The van der Waals surface area contributed by atoms with Crippen LogP contribution in [0.5, 0.6) is 5.75 Å².